The van der Waals surface area contributed by atoms with Crippen LogP contribution in [0.5, 0.6) is 11.5 Å². The molecule has 0 bridgehead atoms. The summed E-state index contributed by atoms with van der Waals surface area (Å²) in [5.74, 6) is -0.127. The fraction of sp³-hybridized carbons (Fsp3) is 0.417. The van der Waals surface area contributed by atoms with E-state index in [1.165, 1.54) is 32.2 Å². The maximum Gasteiger partial charge on any atom is 0.244 e. The van der Waals surface area contributed by atoms with Crippen molar-refractivity contribution in [2.24, 2.45) is 0 Å². The number of anilines is 1. The number of ether oxygens (including phenoxy) is 2. The number of carbonyl (C=O) groups is 2. The van der Waals surface area contributed by atoms with Crippen molar-refractivity contribution >= 4 is 27.5 Å². The summed E-state index contributed by atoms with van der Waals surface area (Å²) < 4.78 is 37.0. The van der Waals surface area contributed by atoms with Crippen LogP contribution >= 0.6 is 0 Å². The number of likely N-dealkylation sites (N-methyl/N-ethyl adjacent to an activating group) is 1. The number of benzene rings is 2. The van der Waals surface area contributed by atoms with E-state index < -0.39 is 28.5 Å². The molecule has 0 radical (unpaired) electrons. The van der Waals surface area contributed by atoms with Crippen molar-refractivity contribution < 1.29 is 27.5 Å². The van der Waals surface area contributed by atoms with Gasteiger partial charge in [-0.3, -0.25) is 13.9 Å². The van der Waals surface area contributed by atoms with Crippen LogP contribution in [0, 0.1) is 0 Å². The van der Waals surface area contributed by atoms with Crippen molar-refractivity contribution in [2.75, 3.05) is 44.9 Å². The van der Waals surface area contributed by atoms with Gasteiger partial charge in [0.05, 0.1) is 26.2 Å². The molecule has 2 amide bonds. The van der Waals surface area contributed by atoms with Gasteiger partial charge in [0, 0.05) is 19.7 Å². The van der Waals surface area contributed by atoms with E-state index in [-0.39, 0.29) is 23.9 Å². The third-order valence-electron chi connectivity index (χ3n) is 5.45. The van der Waals surface area contributed by atoms with E-state index in [0.717, 1.165) is 16.1 Å². The molecule has 10 heteroatoms. The molecule has 0 saturated carbocycles. The van der Waals surface area contributed by atoms with Crippen LogP contribution < -0.4 is 19.1 Å². The number of carbonyl (C=O) groups excluding carboxylic acids is 2. The van der Waals surface area contributed by atoms with Crippen molar-refractivity contribution in [3.8, 4) is 11.5 Å². The van der Waals surface area contributed by atoms with Crippen molar-refractivity contribution in [3.05, 3.63) is 54.1 Å². The van der Waals surface area contributed by atoms with Gasteiger partial charge in [0.1, 0.15) is 24.1 Å². The Hall–Kier alpha value is -3.27. The SMILES string of the molecule is CC[C@H](C(=O)NC)N(CCc1ccccc1)C(=O)CN(c1cc(OC)ccc1OC)S(C)(=O)=O. The van der Waals surface area contributed by atoms with Crippen LogP contribution in [-0.4, -0.2) is 71.8 Å². The van der Waals surface area contributed by atoms with E-state index in [0.29, 0.717) is 18.6 Å². The van der Waals surface area contributed by atoms with E-state index in [1.807, 2.05) is 37.3 Å². The summed E-state index contributed by atoms with van der Waals surface area (Å²) >= 11 is 0. The van der Waals surface area contributed by atoms with Crippen LogP contribution in [0.1, 0.15) is 18.9 Å². The molecule has 0 aliphatic carbocycles. The molecule has 0 aliphatic heterocycles. The van der Waals surface area contributed by atoms with Gasteiger partial charge in [-0.2, -0.15) is 0 Å². The summed E-state index contributed by atoms with van der Waals surface area (Å²) in [4.78, 5) is 27.5. The average Bonchev–Trinajstić information content (AvgIpc) is 2.83. The topological polar surface area (TPSA) is 105 Å². The maximum atomic E-state index is 13.5. The number of rotatable bonds is 12. The van der Waals surface area contributed by atoms with Gasteiger partial charge in [0.15, 0.2) is 0 Å². The van der Waals surface area contributed by atoms with Gasteiger partial charge in [-0.25, -0.2) is 8.42 Å². The highest BCUT2D eigenvalue weighted by atomic mass is 32.2. The summed E-state index contributed by atoms with van der Waals surface area (Å²) in [6, 6.07) is 13.5. The Morgan fingerprint density at radius 2 is 1.74 bits per heavy atom. The molecule has 2 rings (SSSR count). The molecule has 0 heterocycles. The summed E-state index contributed by atoms with van der Waals surface area (Å²) in [5, 5.41) is 2.60. The van der Waals surface area contributed by atoms with Gasteiger partial charge >= 0.3 is 0 Å². The highest BCUT2D eigenvalue weighted by Gasteiger charge is 2.32. The third-order valence-corrected chi connectivity index (χ3v) is 6.58. The number of hydrogen-bond acceptors (Lipinski definition) is 6. The van der Waals surface area contributed by atoms with Gasteiger partial charge < -0.3 is 19.7 Å². The van der Waals surface area contributed by atoms with Crippen LogP contribution in [0.4, 0.5) is 5.69 Å². The van der Waals surface area contributed by atoms with E-state index in [2.05, 4.69) is 5.32 Å². The number of hydrogen-bond donors (Lipinski definition) is 1. The second kappa shape index (κ2) is 12.3. The standard InChI is InChI=1S/C24H33N3O6S/c1-6-20(24(29)25-2)26(15-14-18-10-8-7-9-11-18)23(28)17-27(34(5,30)31)21-16-19(32-3)12-13-22(21)33-4/h7-13,16,20H,6,14-15,17H2,1-5H3,(H,25,29)/t20-/m1/s1. The smallest absolute Gasteiger partial charge is 0.244 e. The first-order chi connectivity index (χ1) is 16.2. The predicted octanol–water partition coefficient (Wildman–Crippen LogP) is 2.07. The van der Waals surface area contributed by atoms with Gasteiger partial charge in [-0.1, -0.05) is 37.3 Å². The summed E-state index contributed by atoms with van der Waals surface area (Å²) in [6.45, 7) is 1.56. The Balaban J connectivity index is 2.43. The molecule has 34 heavy (non-hydrogen) atoms. The molecule has 1 atom stereocenters. The zero-order chi connectivity index (χ0) is 25.3. The minimum atomic E-state index is -3.88. The molecule has 2 aromatic rings. The molecule has 0 spiro atoms. The second-order valence-electron chi connectivity index (χ2n) is 7.67. The number of sulfonamides is 1. The first-order valence-corrected chi connectivity index (χ1v) is 12.8. The van der Waals surface area contributed by atoms with Crippen molar-refractivity contribution in [2.45, 2.75) is 25.8 Å². The van der Waals surface area contributed by atoms with Gasteiger partial charge in [0.2, 0.25) is 21.8 Å². The van der Waals surface area contributed by atoms with E-state index in [4.69, 9.17) is 9.47 Å². The lowest BCUT2D eigenvalue weighted by molar-refractivity contribution is -0.139. The van der Waals surface area contributed by atoms with Crippen LogP contribution in [-0.2, 0) is 26.0 Å². The summed E-state index contributed by atoms with van der Waals surface area (Å²) in [7, 11) is 0.504. The van der Waals surface area contributed by atoms with Gasteiger partial charge in [-0.15, -0.1) is 0 Å². The first-order valence-electron chi connectivity index (χ1n) is 10.9. The molecule has 2 aromatic carbocycles. The molecule has 0 aromatic heterocycles. The zero-order valence-electron chi connectivity index (χ0n) is 20.3. The molecule has 186 valence electrons. The molecule has 1 N–H and O–H groups in total. The van der Waals surface area contributed by atoms with E-state index in [9.17, 15) is 18.0 Å². The summed E-state index contributed by atoms with van der Waals surface area (Å²) in [6.07, 6.45) is 1.91. The molecule has 0 unspecified atom stereocenters. The molecule has 0 saturated heterocycles. The van der Waals surface area contributed by atoms with Gasteiger partial charge in [0.25, 0.3) is 0 Å². The minimum absolute atomic E-state index is 0.175. The van der Waals surface area contributed by atoms with E-state index >= 15 is 0 Å². The van der Waals surface area contributed by atoms with Crippen molar-refractivity contribution in [3.63, 3.8) is 0 Å². The zero-order valence-corrected chi connectivity index (χ0v) is 21.1. The number of nitrogens with one attached hydrogen (secondary N) is 1. The highest BCUT2D eigenvalue weighted by Crippen LogP contribution is 2.33. The average molecular weight is 492 g/mol. The maximum absolute atomic E-state index is 13.5. The molecule has 0 fully saturated rings. The minimum Gasteiger partial charge on any atom is -0.497 e. The summed E-state index contributed by atoms with van der Waals surface area (Å²) in [5.41, 5.74) is 1.18. The van der Waals surface area contributed by atoms with Crippen molar-refractivity contribution in [1.82, 2.24) is 10.2 Å². The normalized spacial score (nSPS) is 11.9. The van der Waals surface area contributed by atoms with Crippen LogP contribution in [0.15, 0.2) is 48.5 Å². The molecular weight excluding hydrogens is 458 g/mol. The lowest BCUT2D eigenvalue weighted by Gasteiger charge is -2.32. The lowest BCUT2D eigenvalue weighted by Crippen LogP contribution is -2.52. The Morgan fingerprint density at radius 3 is 2.26 bits per heavy atom. The van der Waals surface area contributed by atoms with Gasteiger partial charge in [-0.05, 0) is 30.5 Å². The Morgan fingerprint density at radius 1 is 1.06 bits per heavy atom. The van der Waals surface area contributed by atoms with Crippen LogP contribution in [0.3, 0.4) is 0 Å². The number of nitrogens with zero attached hydrogens (tertiary/aromatic N) is 2. The highest BCUT2D eigenvalue weighted by molar-refractivity contribution is 7.92. The fourth-order valence-electron chi connectivity index (χ4n) is 3.65. The second-order valence-corrected chi connectivity index (χ2v) is 9.58. The predicted molar refractivity (Wildman–Crippen MR) is 132 cm³/mol. The van der Waals surface area contributed by atoms with Crippen molar-refractivity contribution in [1.29, 1.82) is 0 Å². The first kappa shape index (κ1) is 27.0. The largest absolute Gasteiger partial charge is 0.497 e. The number of methoxy groups -OCH3 is 2. The van der Waals surface area contributed by atoms with Crippen LogP contribution in [0.2, 0.25) is 0 Å². The lowest BCUT2D eigenvalue weighted by atomic mass is 10.1. The molecular formula is C24H33N3O6S. The molecule has 0 aliphatic rings. The third kappa shape index (κ3) is 6.86. The Bertz CT molecular complexity index is 1080. The monoisotopic (exact) mass is 491 g/mol. The van der Waals surface area contributed by atoms with E-state index in [1.54, 1.807) is 12.1 Å². The molecule has 9 nitrogen and oxygen atoms in total. The Kier molecular flexibility index (Phi) is 9.73. The fourth-order valence-corrected chi connectivity index (χ4v) is 4.49. The quantitative estimate of drug-likeness (QED) is 0.487. The van der Waals surface area contributed by atoms with Crippen LogP contribution in [0.25, 0.3) is 0 Å². The number of amides is 2. The Labute approximate surface area is 201 Å².